The molecule has 0 spiro atoms. The van der Waals surface area contributed by atoms with E-state index in [4.69, 9.17) is 5.11 Å². The van der Waals surface area contributed by atoms with E-state index in [1.54, 1.807) is 0 Å². The Hall–Kier alpha value is -2.40. The molecule has 5 rings (SSSR count). The van der Waals surface area contributed by atoms with Crippen LogP contribution in [0.4, 0.5) is 11.4 Å². The highest BCUT2D eigenvalue weighted by Gasteiger charge is 2.44. The third-order valence-electron chi connectivity index (χ3n) is 7.98. The topological polar surface area (TPSA) is 121 Å². The summed E-state index contributed by atoms with van der Waals surface area (Å²) in [5.41, 5.74) is 7.98. The van der Waals surface area contributed by atoms with Crippen LogP contribution in [0, 0.1) is 11.8 Å². The van der Waals surface area contributed by atoms with Crippen LogP contribution in [0.5, 0.6) is 0 Å². The first-order valence-corrected chi connectivity index (χ1v) is 13.2. The normalized spacial score (nSPS) is 30.7. The van der Waals surface area contributed by atoms with Gasteiger partial charge in [-0.1, -0.05) is 12.8 Å². The number of carboxylic acid groups (broad SMARTS) is 1. The number of hydrazine groups is 1. The molecule has 0 aliphatic carbocycles. The average Bonchev–Trinajstić information content (AvgIpc) is 3.14. The van der Waals surface area contributed by atoms with Gasteiger partial charge in [0.25, 0.3) is 0 Å². The number of nitrogens with zero attached hydrogens (tertiary/aromatic N) is 2. The predicted octanol–water partition coefficient (Wildman–Crippen LogP) is 1.09. The first-order valence-electron chi connectivity index (χ1n) is 13.2. The molecule has 4 saturated heterocycles. The number of carbonyl (C=O) groups is 2. The lowest BCUT2D eigenvalue weighted by Gasteiger charge is -2.48. The van der Waals surface area contributed by atoms with Crippen LogP contribution in [-0.2, 0) is 9.59 Å². The summed E-state index contributed by atoms with van der Waals surface area (Å²) in [7, 11) is 0. The van der Waals surface area contributed by atoms with Crippen LogP contribution in [0.25, 0.3) is 0 Å². The van der Waals surface area contributed by atoms with Crippen molar-refractivity contribution in [2.45, 2.75) is 63.4 Å². The van der Waals surface area contributed by atoms with E-state index < -0.39 is 5.97 Å². The molecule has 4 unspecified atom stereocenters. The van der Waals surface area contributed by atoms with Gasteiger partial charge in [-0.2, -0.15) is 0 Å². The molecule has 4 atom stereocenters. The average molecular weight is 486 g/mol. The second kappa shape index (κ2) is 11.1. The lowest BCUT2D eigenvalue weighted by atomic mass is 9.91. The van der Waals surface area contributed by atoms with Gasteiger partial charge in [0.15, 0.2) is 0 Å². The number of likely N-dealkylation sites (tertiary alicyclic amines) is 1. The van der Waals surface area contributed by atoms with Crippen molar-refractivity contribution >= 4 is 23.3 Å². The van der Waals surface area contributed by atoms with E-state index in [0.717, 1.165) is 50.4 Å². The van der Waals surface area contributed by atoms with E-state index in [1.165, 1.54) is 25.7 Å². The number of hydrogen-bond donors (Lipinski definition) is 6. The van der Waals surface area contributed by atoms with E-state index >= 15 is 0 Å². The van der Waals surface area contributed by atoms with Gasteiger partial charge < -0.3 is 15.3 Å². The Balaban J connectivity index is 1.24. The minimum absolute atomic E-state index is 0.00563. The van der Waals surface area contributed by atoms with Gasteiger partial charge in [-0.25, -0.2) is 5.43 Å². The number of piperidine rings is 1. The molecule has 10 heteroatoms. The molecular weight excluding hydrogens is 446 g/mol. The second-order valence-corrected chi connectivity index (χ2v) is 10.4. The molecule has 1 aromatic rings. The Morgan fingerprint density at radius 1 is 1.00 bits per heavy atom. The highest BCUT2D eigenvalue weighted by molar-refractivity contribution is 5.81. The minimum Gasteiger partial charge on any atom is -0.481 e. The minimum atomic E-state index is -0.701. The number of benzene rings is 1. The van der Waals surface area contributed by atoms with Crippen molar-refractivity contribution in [3.8, 4) is 0 Å². The van der Waals surface area contributed by atoms with Crippen LogP contribution < -0.4 is 31.7 Å². The molecular formula is C25H39N7O3. The molecule has 1 amide bonds. The maximum Gasteiger partial charge on any atom is 0.303 e. The molecule has 6 N–H and O–H groups in total. The Labute approximate surface area is 207 Å². The number of anilines is 2. The molecule has 4 fully saturated rings. The first-order chi connectivity index (χ1) is 17.1. The van der Waals surface area contributed by atoms with Crippen LogP contribution in [0.1, 0.15) is 44.9 Å². The van der Waals surface area contributed by atoms with Crippen molar-refractivity contribution in [1.29, 1.82) is 0 Å². The quantitative estimate of drug-likeness (QED) is 0.352. The summed E-state index contributed by atoms with van der Waals surface area (Å²) in [6, 6.07) is 8.44. The first kappa shape index (κ1) is 24.3. The van der Waals surface area contributed by atoms with E-state index in [-0.39, 0.29) is 42.7 Å². The molecule has 1 aromatic carbocycles. The molecule has 10 nitrogen and oxygen atoms in total. The van der Waals surface area contributed by atoms with Crippen LogP contribution in [0.15, 0.2) is 24.3 Å². The molecule has 0 radical (unpaired) electrons. The van der Waals surface area contributed by atoms with E-state index in [0.29, 0.717) is 6.54 Å². The van der Waals surface area contributed by atoms with Crippen molar-refractivity contribution in [1.82, 2.24) is 26.4 Å². The van der Waals surface area contributed by atoms with Gasteiger partial charge in [0, 0.05) is 56.6 Å². The van der Waals surface area contributed by atoms with E-state index in [2.05, 4.69) is 60.9 Å². The molecule has 4 aliphatic rings. The Morgan fingerprint density at radius 2 is 1.71 bits per heavy atom. The zero-order chi connectivity index (χ0) is 24.2. The molecule has 192 valence electrons. The van der Waals surface area contributed by atoms with Gasteiger partial charge in [-0.3, -0.25) is 30.5 Å². The maximum absolute atomic E-state index is 12.8. The molecule has 35 heavy (non-hydrogen) atoms. The summed E-state index contributed by atoms with van der Waals surface area (Å²) in [6.07, 6.45) is 6.92. The molecule has 0 aromatic heterocycles. The highest BCUT2D eigenvalue weighted by Crippen LogP contribution is 2.28. The third kappa shape index (κ3) is 5.88. The molecule has 4 aliphatic heterocycles. The van der Waals surface area contributed by atoms with Crippen molar-refractivity contribution in [3.05, 3.63) is 24.3 Å². The van der Waals surface area contributed by atoms with Crippen molar-refractivity contribution in [2.24, 2.45) is 11.8 Å². The smallest absolute Gasteiger partial charge is 0.303 e. The van der Waals surface area contributed by atoms with Crippen molar-refractivity contribution in [3.63, 3.8) is 0 Å². The number of carboxylic acids is 1. The summed E-state index contributed by atoms with van der Waals surface area (Å²) in [5, 5.41) is 20.0. The van der Waals surface area contributed by atoms with Gasteiger partial charge in [-0.05, 0) is 55.9 Å². The third-order valence-corrected chi connectivity index (χ3v) is 7.98. The SMILES string of the molecule is O=C(O)CC1CCN(c2ccc(NC3NC(N4CCCCCC4)NC4CNNC(=O)C43)cc2)CC1. The Kier molecular flexibility index (Phi) is 7.72. The summed E-state index contributed by atoms with van der Waals surface area (Å²) in [5.74, 6) is -0.661. The van der Waals surface area contributed by atoms with Crippen LogP contribution in [0.2, 0.25) is 0 Å². The molecule has 4 heterocycles. The summed E-state index contributed by atoms with van der Waals surface area (Å²) in [4.78, 5) is 28.6. The van der Waals surface area contributed by atoms with Crippen LogP contribution in [0.3, 0.4) is 0 Å². The largest absolute Gasteiger partial charge is 0.481 e. The fourth-order valence-electron chi connectivity index (χ4n) is 6.00. The summed E-state index contributed by atoms with van der Waals surface area (Å²) >= 11 is 0. The standard InChI is InChI=1S/C25H39N7O3/c33-21(34)15-17-9-13-31(14-10-17)19-7-5-18(6-8-19)27-23-22-20(16-26-30-24(22)35)28-25(29-23)32-11-3-1-2-4-12-32/h5-8,17,20,22-23,25-29H,1-4,9-16H2,(H,30,35)(H,33,34). The van der Waals surface area contributed by atoms with Gasteiger partial charge in [0.2, 0.25) is 5.91 Å². The number of carbonyl (C=O) groups excluding carboxylic acids is 1. The fraction of sp³-hybridized carbons (Fsp3) is 0.680. The van der Waals surface area contributed by atoms with E-state index in [1.807, 2.05) is 0 Å². The van der Waals surface area contributed by atoms with Crippen molar-refractivity contribution < 1.29 is 14.7 Å². The van der Waals surface area contributed by atoms with Crippen LogP contribution in [-0.4, -0.2) is 73.1 Å². The highest BCUT2D eigenvalue weighted by atomic mass is 16.4. The number of fused-ring (bicyclic) bond motifs is 1. The zero-order valence-electron chi connectivity index (χ0n) is 20.3. The second-order valence-electron chi connectivity index (χ2n) is 10.4. The van der Waals surface area contributed by atoms with Crippen molar-refractivity contribution in [2.75, 3.05) is 42.9 Å². The number of amides is 1. The van der Waals surface area contributed by atoms with Crippen LogP contribution >= 0.6 is 0 Å². The predicted molar refractivity (Wildman–Crippen MR) is 135 cm³/mol. The maximum atomic E-state index is 12.8. The monoisotopic (exact) mass is 485 g/mol. The zero-order valence-corrected chi connectivity index (χ0v) is 20.3. The summed E-state index contributed by atoms with van der Waals surface area (Å²) < 4.78 is 0. The number of hydrogen-bond acceptors (Lipinski definition) is 8. The lowest BCUT2D eigenvalue weighted by Crippen LogP contribution is -2.76. The fourth-order valence-corrected chi connectivity index (χ4v) is 6.00. The number of rotatable bonds is 6. The summed E-state index contributed by atoms with van der Waals surface area (Å²) in [6.45, 7) is 4.58. The van der Waals surface area contributed by atoms with E-state index in [9.17, 15) is 9.59 Å². The molecule has 0 bridgehead atoms. The number of nitrogens with one attached hydrogen (secondary N) is 5. The van der Waals surface area contributed by atoms with Gasteiger partial charge in [-0.15, -0.1) is 0 Å². The molecule has 0 saturated carbocycles. The van der Waals surface area contributed by atoms with Gasteiger partial charge >= 0.3 is 5.97 Å². The van der Waals surface area contributed by atoms with Gasteiger partial charge in [0.1, 0.15) is 6.29 Å². The number of aliphatic carboxylic acids is 1. The Bertz CT molecular complexity index is 866. The Morgan fingerprint density at radius 3 is 2.40 bits per heavy atom. The van der Waals surface area contributed by atoms with Gasteiger partial charge in [0.05, 0.1) is 12.1 Å². The lowest BCUT2D eigenvalue weighted by molar-refractivity contribution is -0.138.